The molecule has 3 amide bonds. The average Bonchev–Trinajstić information content (AvgIpc) is 2.94. The van der Waals surface area contributed by atoms with Crippen molar-refractivity contribution in [1.29, 1.82) is 0 Å². The third-order valence-electron chi connectivity index (χ3n) is 3.77. The quantitative estimate of drug-likeness (QED) is 0.652. The van der Waals surface area contributed by atoms with Crippen molar-refractivity contribution in [3.05, 3.63) is 22.4 Å². The van der Waals surface area contributed by atoms with Crippen LogP contribution in [-0.2, 0) is 4.79 Å². The molecule has 1 fully saturated rings. The zero-order valence-corrected chi connectivity index (χ0v) is 12.9. The van der Waals surface area contributed by atoms with Gasteiger partial charge in [-0.05, 0) is 30.3 Å². The van der Waals surface area contributed by atoms with Gasteiger partial charge in [0.2, 0.25) is 5.91 Å². The molecule has 2 heterocycles. The van der Waals surface area contributed by atoms with Crippen molar-refractivity contribution < 1.29 is 9.59 Å². The molecule has 3 atom stereocenters. The van der Waals surface area contributed by atoms with E-state index in [1.54, 1.807) is 0 Å². The molecule has 7 heteroatoms. The lowest BCUT2D eigenvalue weighted by Gasteiger charge is -2.30. The van der Waals surface area contributed by atoms with E-state index in [0.29, 0.717) is 5.92 Å². The molecule has 1 aliphatic heterocycles. The van der Waals surface area contributed by atoms with Crippen molar-refractivity contribution in [1.82, 2.24) is 16.0 Å². The molecular formula is C14H22N4O2S. The van der Waals surface area contributed by atoms with Crippen molar-refractivity contribution in [3.63, 3.8) is 0 Å². The monoisotopic (exact) mass is 310 g/mol. The largest absolute Gasteiger partial charge is 0.352 e. The minimum atomic E-state index is -0.617. The fourth-order valence-electron chi connectivity index (χ4n) is 2.52. The van der Waals surface area contributed by atoms with E-state index in [1.807, 2.05) is 17.5 Å². The number of primary amides is 1. The van der Waals surface area contributed by atoms with Gasteiger partial charge in [-0.1, -0.05) is 13.0 Å². The summed E-state index contributed by atoms with van der Waals surface area (Å²) in [6.45, 7) is 3.93. The van der Waals surface area contributed by atoms with Gasteiger partial charge in [0.1, 0.15) is 0 Å². The van der Waals surface area contributed by atoms with E-state index in [-0.39, 0.29) is 24.4 Å². The molecule has 3 unspecified atom stereocenters. The van der Waals surface area contributed by atoms with Crippen LogP contribution >= 0.6 is 11.3 Å². The van der Waals surface area contributed by atoms with E-state index < -0.39 is 6.03 Å². The van der Waals surface area contributed by atoms with Gasteiger partial charge >= 0.3 is 6.03 Å². The number of nitrogens with one attached hydrogen (secondary N) is 3. The highest BCUT2D eigenvalue weighted by Gasteiger charge is 2.25. The van der Waals surface area contributed by atoms with Crippen LogP contribution in [0.3, 0.4) is 0 Å². The van der Waals surface area contributed by atoms with Crippen molar-refractivity contribution in [2.75, 3.05) is 13.1 Å². The van der Waals surface area contributed by atoms with Crippen LogP contribution in [0.5, 0.6) is 0 Å². The molecule has 0 radical (unpaired) electrons. The molecule has 0 aromatic carbocycles. The molecule has 0 spiro atoms. The van der Waals surface area contributed by atoms with Gasteiger partial charge in [0.25, 0.3) is 0 Å². The molecule has 1 aromatic heterocycles. The number of thiophene rings is 1. The minimum Gasteiger partial charge on any atom is -0.352 e. The normalized spacial score (nSPS) is 23.3. The van der Waals surface area contributed by atoms with Gasteiger partial charge in [-0.3, -0.25) is 4.79 Å². The maximum absolute atomic E-state index is 12.2. The Labute approximate surface area is 128 Å². The Morgan fingerprint density at radius 2 is 2.38 bits per heavy atom. The van der Waals surface area contributed by atoms with Crippen LogP contribution < -0.4 is 21.7 Å². The number of urea groups is 1. The molecule has 2 rings (SSSR count). The lowest BCUT2D eigenvalue weighted by molar-refractivity contribution is -0.122. The lowest BCUT2D eigenvalue weighted by atomic mass is 9.94. The highest BCUT2D eigenvalue weighted by atomic mass is 32.1. The van der Waals surface area contributed by atoms with Crippen LogP contribution in [0.2, 0.25) is 0 Å². The zero-order valence-electron chi connectivity index (χ0n) is 12.1. The molecule has 0 bridgehead atoms. The predicted octanol–water partition coefficient (Wildman–Crippen LogP) is 0.962. The number of carbonyl (C=O) groups excluding carboxylic acids is 2. The second-order valence-electron chi connectivity index (χ2n) is 5.42. The standard InChI is InChI=1S/C14H22N4O2S/c1-9-4-5-16-8-11(9)17-13(19)7-10(18-14(15)20)12-3-2-6-21-12/h2-3,6,9-11,16H,4-5,7-8H2,1H3,(H,17,19)(H3,15,18,20). The molecule has 1 saturated heterocycles. The summed E-state index contributed by atoms with van der Waals surface area (Å²) in [7, 11) is 0. The molecule has 1 aromatic rings. The van der Waals surface area contributed by atoms with E-state index in [1.165, 1.54) is 11.3 Å². The van der Waals surface area contributed by atoms with Crippen molar-refractivity contribution >= 4 is 23.3 Å². The Balaban J connectivity index is 1.93. The van der Waals surface area contributed by atoms with E-state index >= 15 is 0 Å². The summed E-state index contributed by atoms with van der Waals surface area (Å²) in [5, 5.41) is 10.9. The summed E-state index contributed by atoms with van der Waals surface area (Å²) < 4.78 is 0. The first kappa shape index (κ1) is 15.8. The summed E-state index contributed by atoms with van der Waals surface area (Å²) in [4.78, 5) is 24.2. The highest BCUT2D eigenvalue weighted by molar-refractivity contribution is 7.10. The smallest absolute Gasteiger partial charge is 0.312 e. The summed E-state index contributed by atoms with van der Waals surface area (Å²) in [5.41, 5.74) is 5.19. The van der Waals surface area contributed by atoms with E-state index in [9.17, 15) is 9.59 Å². The Morgan fingerprint density at radius 3 is 3.00 bits per heavy atom. The number of hydrogen-bond acceptors (Lipinski definition) is 4. The maximum atomic E-state index is 12.2. The molecule has 0 aliphatic carbocycles. The lowest BCUT2D eigenvalue weighted by Crippen LogP contribution is -2.50. The van der Waals surface area contributed by atoms with E-state index in [4.69, 9.17) is 5.73 Å². The van der Waals surface area contributed by atoms with Gasteiger partial charge in [-0.15, -0.1) is 11.3 Å². The zero-order chi connectivity index (χ0) is 15.2. The van der Waals surface area contributed by atoms with Gasteiger partial charge < -0.3 is 21.7 Å². The first-order chi connectivity index (χ1) is 10.1. The Kier molecular flexibility index (Phi) is 5.58. The highest BCUT2D eigenvalue weighted by Crippen LogP contribution is 2.22. The summed E-state index contributed by atoms with van der Waals surface area (Å²) in [5.74, 6) is 0.391. The van der Waals surface area contributed by atoms with E-state index in [0.717, 1.165) is 24.4 Å². The predicted molar refractivity (Wildman–Crippen MR) is 83.0 cm³/mol. The van der Waals surface area contributed by atoms with E-state index in [2.05, 4.69) is 22.9 Å². The van der Waals surface area contributed by atoms with Crippen LogP contribution in [0.4, 0.5) is 4.79 Å². The third-order valence-corrected chi connectivity index (χ3v) is 4.75. The molecule has 5 N–H and O–H groups in total. The topological polar surface area (TPSA) is 96.2 Å². The van der Waals surface area contributed by atoms with Crippen LogP contribution in [0.1, 0.15) is 30.7 Å². The van der Waals surface area contributed by atoms with Crippen molar-refractivity contribution in [3.8, 4) is 0 Å². The fraction of sp³-hybridized carbons (Fsp3) is 0.571. The van der Waals surface area contributed by atoms with Crippen molar-refractivity contribution in [2.45, 2.75) is 31.8 Å². The van der Waals surface area contributed by atoms with Crippen LogP contribution in [0.25, 0.3) is 0 Å². The molecule has 1 aliphatic rings. The Morgan fingerprint density at radius 1 is 1.57 bits per heavy atom. The van der Waals surface area contributed by atoms with Gasteiger partial charge in [-0.2, -0.15) is 0 Å². The number of hydrogen-bond donors (Lipinski definition) is 4. The first-order valence-corrected chi connectivity index (χ1v) is 8.03. The summed E-state index contributed by atoms with van der Waals surface area (Å²) >= 11 is 1.50. The molecular weight excluding hydrogens is 288 g/mol. The summed E-state index contributed by atoms with van der Waals surface area (Å²) in [6, 6.07) is 2.94. The molecule has 116 valence electrons. The summed E-state index contributed by atoms with van der Waals surface area (Å²) in [6.07, 6.45) is 1.26. The van der Waals surface area contributed by atoms with Crippen LogP contribution in [-0.4, -0.2) is 31.1 Å². The minimum absolute atomic E-state index is 0.0669. The van der Waals surface area contributed by atoms with Gasteiger partial charge in [0, 0.05) is 17.5 Å². The molecule has 21 heavy (non-hydrogen) atoms. The maximum Gasteiger partial charge on any atom is 0.312 e. The number of rotatable bonds is 5. The second-order valence-corrected chi connectivity index (χ2v) is 6.40. The molecule has 0 saturated carbocycles. The number of piperidine rings is 1. The fourth-order valence-corrected chi connectivity index (χ4v) is 3.30. The Hall–Kier alpha value is -1.60. The number of nitrogens with two attached hydrogens (primary N) is 1. The van der Waals surface area contributed by atoms with Gasteiger partial charge in [0.15, 0.2) is 0 Å². The van der Waals surface area contributed by atoms with Gasteiger partial charge in [-0.25, -0.2) is 4.79 Å². The second kappa shape index (κ2) is 7.42. The average molecular weight is 310 g/mol. The first-order valence-electron chi connectivity index (χ1n) is 7.15. The van der Waals surface area contributed by atoms with Crippen LogP contribution in [0, 0.1) is 5.92 Å². The van der Waals surface area contributed by atoms with Crippen LogP contribution in [0.15, 0.2) is 17.5 Å². The molecule has 6 nitrogen and oxygen atoms in total. The third kappa shape index (κ3) is 4.71. The van der Waals surface area contributed by atoms with Crippen molar-refractivity contribution in [2.24, 2.45) is 11.7 Å². The number of amides is 3. The SMILES string of the molecule is CC1CCNCC1NC(=O)CC(NC(N)=O)c1cccs1. The number of carbonyl (C=O) groups is 2. The van der Waals surface area contributed by atoms with Gasteiger partial charge in [0.05, 0.1) is 12.5 Å². The Bertz CT molecular complexity index is 477.